The molecule has 3 rings (SSSR count). The minimum absolute atomic E-state index is 0.0460. The Bertz CT molecular complexity index is 874. The number of aryl methyl sites for hydroxylation is 1. The van der Waals surface area contributed by atoms with Crippen LogP contribution in [0.25, 0.3) is 17.1 Å². The zero-order valence-corrected chi connectivity index (χ0v) is 15.3. The third kappa shape index (κ3) is 3.91. The molecule has 0 aliphatic carbocycles. The first kappa shape index (κ1) is 17.2. The van der Waals surface area contributed by atoms with Crippen molar-refractivity contribution in [2.24, 2.45) is 0 Å². The van der Waals surface area contributed by atoms with Crippen molar-refractivity contribution in [3.05, 3.63) is 60.2 Å². The number of rotatable bonds is 5. The van der Waals surface area contributed by atoms with Crippen molar-refractivity contribution in [2.45, 2.75) is 12.1 Å². The second-order valence-corrected chi connectivity index (χ2v) is 6.87. The van der Waals surface area contributed by atoms with Crippen molar-refractivity contribution < 1.29 is 4.79 Å². The molecule has 0 radical (unpaired) electrons. The van der Waals surface area contributed by atoms with Crippen LogP contribution in [0.3, 0.4) is 0 Å². The van der Waals surface area contributed by atoms with Gasteiger partial charge in [0.25, 0.3) is 0 Å². The maximum atomic E-state index is 11.9. The van der Waals surface area contributed by atoms with Crippen LogP contribution in [0.5, 0.6) is 0 Å². The van der Waals surface area contributed by atoms with E-state index in [9.17, 15) is 4.79 Å². The van der Waals surface area contributed by atoms with Crippen LogP contribution in [0.15, 0.2) is 59.8 Å². The molecule has 0 spiro atoms. The van der Waals surface area contributed by atoms with Crippen LogP contribution < -0.4 is 0 Å². The Labute approximate surface area is 151 Å². The summed E-state index contributed by atoms with van der Waals surface area (Å²) in [7, 11) is 3.51. The minimum atomic E-state index is 0.0460. The number of para-hydroxylation sites is 1. The molecule has 6 heteroatoms. The summed E-state index contributed by atoms with van der Waals surface area (Å²) in [5.74, 6) is 1.14. The summed E-state index contributed by atoms with van der Waals surface area (Å²) in [5, 5.41) is 9.44. The molecule has 0 unspecified atom stereocenters. The standard InChI is InChI=1S/C19H20N4OS/c1-14-8-7-9-15(12-14)18-20-21-19(25-13-17(24)22(2)3)23(18)16-10-5-4-6-11-16/h4-12H,13H2,1-3H3. The first-order chi connectivity index (χ1) is 12.1. The topological polar surface area (TPSA) is 51.0 Å². The van der Waals surface area contributed by atoms with E-state index in [-0.39, 0.29) is 5.91 Å². The van der Waals surface area contributed by atoms with Gasteiger partial charge in [-0.25, -0.2) is 0 Å². The highest BCUT2D eigenvalue weighted by atomic mass is 32.2. The van der Waals surface area contributed by atoms with Gasteiger partial charge in [0.2, 0.25) is 5.91 Å². The van der Waals surface area contributed by atoms with Gasteiger partial charge in [-0.3, -0.25) is 9.36 Å². The summed E-state index contributed by atoms with van der Waals surface area (Å²) in [5.41, 5.74) is 3.14. The van der Waals surface area contributed by atoms with Crippen LogP contribution in [-0.4, -0.2) is 45.4 Å². The van der Waals surface area contributed by atoms with Gasteiger partial charge in [0.15, 0.2) is 11.0 Å². The van der Waals surface area contributed by atoms with Crippen LogP contribution >= 0.6 is 11.8 Å². The van der Waals surface area contributed by atoms with E-state index in [0.717, 1.165) is 22.6 Å². The van der Waals surface area contributed by atoms with E-state index in [1.807, 2.05) is 47.0 Å². The molecule has 0 aliphatic rings. The normalized spacial score (nSPS) is 10.7. The fraction of sp³-hybridized carbons (Fsp3) is 0.211. The number of nitrogens with zero attached hydrogens (tertiary/aromatic N) is 4. The summed E-state index contributed by atoms with van der Waals surface area (Å²) < 4.78 is 2.00. The number of aromatic nitrogens is 3. The maximum absolute atomic E-state index is 11.9. The SMILES string of the molecule is Cc1cccc(-c2nnc(SCC(=O)N(C)C)n2-c2ccccc2)c1. The molecule has 5 nitrogen and oxygen atoms in total. The Balaban J connectivity index is 2.03. The lowest BCUT2D eigenvalue weighted by atomic mass is 10.1. The molecular formula is C19H20N4OS. The third-order valence-corrected chi connectivity index (χ3v) is 4.66. The number of thioether (sulfide) groups is 1. The molecule has 1 heterocycles. The number of carbonyl (C=O) groups excluding carboxylic acids is 1. The van der Waals surface area contributed by atoms with Crippen LogP contribution in [0.4, 0.5) is 0 Å². The predicted octanol–water partition coefficient (Wildman–Crippen LogP) is 3.42. The van der Waals surface area contributed by atoms with E-state index in [1.165, 1.54) is 11.8 Å². The summed E-state index contributed by atoms with van der Waals surface area (Å²) in [6.07, 6.45) is 0. The number of carbonyl (C=O) groups is 1. The molecular weight excluding hydrogens is 332 g/mol. The highest BCUT2D eigenvalue weighted by Gasteiger charge is 2.17. The molecule has 1 amide bonds. The van der Waals surface area contributed by atoms with Gasteiger partial charge in [0.1, 0.15) is 0 Å². The van der Waals surface area contributed by atoms with E-state index < -0.39 is 0 Å². The zero-order chi connectivity index (χ0) is 17.8. The molecule has 0 N–H and O–H groups in total. The average molecular weight is 352 g/mol. The van der Waals surface area contributed by atoms with Gasteiger partial charge < -0.3 is 4.90 Å². The Morgan fingerprint density at radius 2 is 1.84 bits per heavy atom. The van der Waals surface area contributed by atoms with Crippen molar-refractivity contribution in [1.29, 1.82) is 0 Å². The second-order valence-electron chi connectivity index (χ2n) is 5.92. The van der Waals surface area contributed by atoms with Crippen molar-refractivity contribution in [1.82, 2.24) is 19.7 Å². The molecule has 0 saturated carbocycles. The molecule has 2 aromatic carbocycles. The van der Waals surface area contributed by atoms with Crippen molar-refractivity contribution >= 4 is 17.7 Å². The van der Waals surface area contributed by atoms with E-state index in [0.29, 0.717) is 10.9 Å². The van der Waals surface area contributed by atoms with Crippen LogP contribution in [0, 0.1) is 6.92 Å². The van der Waals surface area contributed by atoms with Gasteiger partial charge in [-0.15, -0.1) is 10.2 Å². The summed E-state index contributed by atoms with van der Waals surface area (Å²) in [4.78, 5) is 13.5. The fourth-order valence-electron chi connectivity index (χ4n) is 2.40. The van der Waals surface area contributed by atoms with Crippen LogP contribution in [-0.2, 0) is 4.79 Å². The monoisotopic (exact) mass is 352 g/mol. The smallest absolute Gasteiger partial charge is 0.232 e. The number of hydrogen-bond acceptors (Lipinski definition) is 4. The first-order valence-electron chi connectivity index (χ1n) is 7.97. The molecule has 0 aliphatic heterocycles. The van der Waals surface area contributed by atoms with Gasteiger partial charge in [-0.2, -0.15) is 0 Å². The largest absolute Gasteiger partial charge is 0.348 e. The molecule has 1 aromatic heterocycles. The van der Waals surface area contributed by atoms with Gasteiger partial charge in [0, 0.05) is 25.3 Å². The Kier molecular flexibility index (Phi) is 5.19. The van der Waals surface area contributed by atoms with Crippen LogP contribution in [0.1, 0.15) is 5.56 Å². The van der Waals surface area contributed by atoms with E-state index in [4.69, 9.17) is 0 Å². The molecule has 3 aromatic rings. The van der Waals surface area contributed by atoms with E-state index >= 15 is 0 Å². The Morgan fingerprint density at radius 3 is 2.52 bits per heavy atom. The summed E-state index contributed by atoms with van der Waals surface area (Å²) in [6.45, 7) is 2.05. The lowest BCUT2D eigenvalue weighted by molar-refractivity contribution is -0.125. The quantitative estimate of drug-likeness (QED) is 0.660. The Morgan fingerprint density at radius 1 is 1.08 bits per heavy atom. The van der Waals surface area contributed by atoms with Gasteiger partial charge in [-0.1, -0.05) is 53.7 Å². The summed E-state index contributed by atoms with van der Waals surface area (Å²) >= 11 is 1.40. The van der Waals surface area contributed by atoms with Crippen LogP contribution in [0.2, 0.25) is 0 Å². The maximum Gasteiger partial charge on any atom is 0.232 e. The fourth-order valence-corrected chi connectivity index (χ4v) is 3.33. The minimum Gasteiger partial charge on any atom is -0.348 e. The Hall–Kier alpha value is -2.60. The van der Waals surface area contributed by atoms with Gasteiger partial charge in [0.05, 0.1) is 5.75 Å². The third-order valence-electron chi connectivity index (χ3n) is 3.75. The van der Waals surface area contributed by atoms with Gasteiger partial charge in [-0.05, 0) is 25.1 Å². The number of hydrogen-bond donors (Lipinski definition) is 0. The second kappa shape index (κ2) is 7.53. The molecule has 0 fully saturated rings. The highest BCUT2D eigenvalue weighted by molar-refractivity contribution is 7.99. The van der Waals surface area contributed by atoms with E-state index in [1.54, 1.807) is 19.0 Å². The predicted molar refractivity (Wildman–Crippen MR) is 101 cm³/mol. The zero-order valence-electron chi connectivity index (χ0n) is 14.5. The van der Waals surface area contributed by atoms with Crippen molar-refractivity contribution in [2.75, 3.05) is 19.8 Å². The molecule has 0 atom stereocenters. The molecule has 25 heavy (non-hydrogen) atoms. The summed E-state index contributed by atoms with van der Waals surface area (Å²) in [6, 6.07) is 18.1. The number of benzene rings is 2. The highest BCUT2D eigenvalue weighted by Crippen LogP contribution is 2.28. The average Bonchev–Trinajstić information content (AvgIpc) is 3.04. The number of amides is 1. The molecule has 0 saturated heterocycles. The van der Waals surface area contributed by atoms with Gasteiger partial charge >= 0.3 is 0 Å². The van der Waals surface area contributed by atoms with E-state index in [2.05, 4.69) is 29.3 Å². The first-order valence-corrected chi connectivity index (χ1v) is 8.95. The van der Waals surface area contributed by atoms with Crippen molar-refractivity contribution in [3.8, 4) is 17.1 Å². The lowest BCUT2D eigenvalue weighted by Crippen LogP contribution is -2.23. The lowest BCUT2D eigenvalue weighted by Gasteiger charge is -2.12. The van der Waals surface area contributed by atoms with Crippen molar-refractivity contribution in [3.63, 3.8) is 0 Å². The molecule has 128 valence electrons. The molecule has 0 bridgehead atoms.